The van der Waals surface area contributed by atoms with Gasteiger partial charge in [-0.1, -0.05) is 22.2 Å². The van der Waals surface area contributed by atoms with E-state index in [2.05, 4.69) is 14.9 Å². The van der Waals surface area contributed by atoms with Gasteiger partial charge in [-0.25, -0.2) is 9.18 Å². The molecule has 5 nitrogen and oxygen atoms in total. The molecule has 1 aromatic carbocycles. The van der Waals surface area contributed by atoms with Gasteiger partial charge < -0.3 is 4.74 Å². The number of hydrogen-bond acceptors (Lipinski definition) is 6. The SMILES string of the molecule is COC(=O)C(NCc1csnn1)c1ccc(Cl)c(F)c1. The first-order valence-electron chi connectivity index (χ1n) is 5.64. The van der Waals surface area contributed by atoms with Crippen LogP contribution in [-0.2, 0) is 16.1 Å². The van der Waals surface area contributed by atoms with Gasteiger partial charge in [0.2, 0.25) is 0 Å². The number of ether oxygens (including phenoxy) is 1. The van der Waals surface area contributed by atoms with Crippen molar-refractivity contribution in [2.45, 2.75) is 12.6 Å². The fourth-order valence-electron chi connectivity index (χ4n) is 1.61. The molecule has 0 bridgehead atoms. The molecule has 0 aliphatic carbocycles. The minimum absolute atomic E-state index is 0.000988. The Morgan fingerprint density at radius 2 is 2.40 bits per heavy atom. The van der Waals surface area contributed by atoms with Gasteiger partial charge in [0.15, 0.2) is 0 Å². The molecule has 1 atom stereocenters. The van der Waals surface area contributed by atoms with E-state index in [4.69, 9.17) is 16.3 Å². The first kappa shape index (κ1) is 14.8. The maximum atomic E-state index is 13.5. The highest BCUT2D eigenvalue weighted by atomic mass is 35.5. The highest BCUT2D eigenvalue weighted by Crippen LogP contribution is 2.21. The highest BCUT2D eigenvalue weighted by molar-refractivity contribution is 7.03. The lowest BCUT2D eigenvalue weighted by Gasteiger charge is -2.16. The van der Waals surface area contributed by atoms with Gasteiger partial charge in [-0.15, -0.1) is 5.10 Å². The zero-order valence-electron chi connectivity index (χ0n) is 10.5. The average Bonchev–Trinajstić information content (AvgIpc) is 2.95. The van der Waals surface area contributed by atoms with E-state index in [1.807, 2.05) is 0 Å². The first-order chi connectivity index (χ1) is 9.61. The highest BCUT2D eigenvalue weighted by Gasteiger charge is 2.22. The fraction of sp³-hybridized carbons (Fsp3) is 0.250. The van der Waals surface area contributed by atoms with E-state index in [0.29, 0.717) is 17.8 Å². The second-order valence-electron chi connectivity index (χ2n) is 3.91. The molecule has 0 saturated carbocycles. The molecule has 0 amide bonds. The molecule has 2 rings (SSSR count). The standard InChI is InChI=1S/C12H11ClFN3O2S/c1-19-12(18)11(15-5-8-6-20-17-16-8)7-2-3-9(13)10(14)4-7/h2-4,6,11,15H,5H2,1H3. The van der Waals surface area contributed by atoms with Crippen LogP contribution in [0, 0.1) is 5.82 Å². The van der Waals surface area contributed by atoms with Crippen LogP contribution in [0.3, 0.4) is 0 Å². The van der Waals surface area contributed by atoms with Gasteiger partial charge in [-0.3, -0.25) is 5.32 Å². The van der Waals surface area contributed by atoms with Crippen LogP contribution in [0.1, 0.15) is 17.3 Å². The van der Waals surface area contributed by atoms with Crippen LogP contribution in [0.2, 0.25) is 5.02 Å². The number of carbonyl (C=O) groups excluding carboxylic acids is 1. The Morgan fingerprint density at radius 1 is 1.60 bits per heavy atom. The number of benzene rings is 1. The van der Waals surface area contributed by atoms with Crippen molar-refractivity contribution in [3.05, 3.63) is 45.7 Å². The van der Waals surface area contributed by atoms with Crippen molar-refractivity contribution >= 4 is 29.1 Å². The molecule has 2 aromatic rings. The first-order valence-corrected chi connectivity index (χ1v) is 6.85. The van der Waals surface area contributed by atoms with Gasteiger partial charge in [0, 0.05) is 11.9 Å². The number of nitrogens with one attached hydrogen (secondary N) is 1. The van der Waals surface area contributed by atoms with E-state index in [-0.39, 0.29) is 5.02 Å². The zero-order valence-corrected chi connectivity index (χ0v) is 12.0. The van der Waals surface area contributed by atoms with Gasteiger partial charge in [0.1, 0.15) is 11.9 Å². The molecule has 1 aromatic heterocycles. The summed E-state index contributed by atoms with van der Waals surface area (Å²) in [4.78, 5) is 11.8. The van der Waals surface area contributed by atoms with Crippen LogP contribution >= 0.6 is 23.1 Å². The monoisotopic (exact) mass is 315 g/mol. The molecule has 0 aliphatic rings. The Labute approximate surface area is 123 Å². The predicted molar refractivity (Wildman–Crippen MR) is 72.9 cm³/mol. The Bertz CT molecular complexity index is 594. The Kier molecular flexibility index (Phi) is 4.99. The van der Waals surface area contributed by atoms with Gasteiger partial charge in [0.25, 0.3) is 0 Å². The van der Waals surface area contributed by atoms with Crippen LogP contribution in [0.25, 0.3) is 0 Å². The largest absolute Gasteiger partial charge is 0.468 e. The van der Waals surface area contributed by atoms with Crippen molar-refractivity contribution in [3.63, 3.8) is 0 Å². The van der Waals surface area contributed by atoms with Crippen molar-refractivity contribution in [2.24, 2.45) is 0 Å². The molecule has 1 heterocycles. The van der Waals surface area contributed by atoms with Crippen LogP contribution in [0.5, 0.6) is 0 Å². The molecule has 0 saturated heterocycles. The Hall–Kier alpha value is -1.57. The Balaban J connectivity index is 2.18. The third-order valence-electron chi connectivity index (χ3n) is 2.61. The van der Waals surface area contributed by atoms with Crippen molar-refractivity contribution in [2.75, 3.05) is 7.11 Å². The third kappa shape index (κ3) is 3.50. The van der Waals surface area contributed by atoms with E-state index in [1.165, 1.54) is 30.8 Å². The summed E-state index contributed by atoms with van der Waals surface area (Å²) in [5.41, 5.74) is 1.13. The molecule has 0 aliphatic heterocycles. The molecule has 0 spiro atoms. The normalized spacial score (nSPS) is 12.2. The van der Waals surface area contributed by atoms with E-state index in [0.717, 1.165) is 0 Å². The molecule has 106 valence electrons. The van der Waals surface area contributed by atoms with Gasteiger partial charge in [0.05, 0.1) is 17.8 Å². The maximum absolute atomic E-state index is 13.5. The quantitative estimate of drug-likeness (QED) is 0.858. The molecule has 1 N–H and O–H groups in total. The number of nitrogens with zero attached hydrogens (tertiary/aromatic N) is 2. The molecule has 0 fully saturated rings. The Morgan fingerprint density at radius 3 is 3.00 bits per heavy atom. The average molecular weight is 316 g/mol. The van der Waals surface area contributed by atoms with Crippen LogP contribution in [0.4, 0.5) is 4.39 Å². The van der Waals surface area contributed by atoms with Gasteiger partial charge in [-0.05, 0) is 29.2 Å². The molecule has 0 radical (unpaired) electrons. The van der Waals surface area contributed by atoms with Crippen LogP contribution < -0.4 is 5.32 Å². The molecule has 20 heavy (non-hydrogen) atoms. The lowest BCUT2D eigenvalue weighted by molar-refractivity contribution is -0.143. The summed E-state index contributed by atoms with van der Waals surface area (Å²) in [6.45, 7) is 0.320. The van der Waals surface area contributed by atoms with Crippen molar-refractivity contribution < 1.29 is 13.9 Å². The number of esters is 1. The third-order valence-corrected chi connectivity index (χ3v) is 3.47. The van der Waals surface area contributed by atoms with Crippen LogP contribution in [0.15, 0.2) is 23.6 Å². The summed E-state index contributed by atoms with van der Waals surface area (Å²) in [6, 6.07) is 3.37. The lowest BCUT2D eigenvalue weighted by Crippen LogP contribution is -2.29. The number of halogens is 2. The van der Waals surface area contributed by atoms with Crippen LogP contribution in [-0.4, -0.2) is 22.7 Å². The molecule has 8 heteroatoms. The number of rotatable bonds is 5. The van der Waals surface area contributed by atoms with E-state index in [1.54, 1.807) is 11.4 Å². The maximum Gasteiger partial charge on any atom is 0.327 e. The summed E-state index contributed by atoms with van der Waals surface area (Å²) < 4.78 is 21.9. The number of methoxy groups -OCH3 is 1. The summed E-state index contributed by atoms with van der Waals surface area (Å²) in [5.74, 6) is -1.11. The van der Waals surface area contributed by atoms with Gasteiger partial charge in [-0.2, -0.15) is 0 Å². The van der Waals surface area contributed by atoms with Crippen molar-refractivity contribution in [1.82, 2.24) is 14.9 Å². The van der Waals surface area contributed by atoms with Crippen molar-refractivity contribution in [3.8, 4) is 0 Å². The van der Waals surface area contributed by atoms with Gasteiger partial charge >= 0.3 is 5.97 Å². The van der Waals surface area contributed by atoms with E-state index >= 15 is 0 Å². The zero-order chi connectivity index (χ0) is 14.5. The lowest BCUT2D eigenvalue weighted by atomic mass is 10.1. The summed E-state index contributed by atoms with van der Waals surface area (Å²) in [6.07, 6.45) is 0. The fourth-order valence-corrected chi connectivity index (χ4v) is 2.18. The summed E-state index contributed by atoms with van der Waals surface area (Å²) in [5, 5.41) is 8.57. The van der Waals surface area contributed by atoms with E-state index < -0.39 is 17.8 Å². The molecule has 1 unspecified atom stereocenters. The van der Waals surface area contributed by atoms with Crippen molar-refractivity contribution in [1.29, 1.82) is 0 Å². The minimum Gasteiger partial charge on any atom is -0.468 e. The topological polar surface area (TPSA) is 64.1 Å². The second-order valence-corrected chi connectivity index (χ2v) is 4.92. The summed E-state index contributed by atoms with van der Waals surface area (Å²) >= 11 is 6.84. The smallest absolute Gasteiger partial charge is 0.327 e. The number of hydrogen-bond donors (Lipinski definition) is 1. The predicted octanol–water partition coefficient (Wildman–Crippen LogP) is 2.33. The minimum atomic E-state index is -0.798. The summed E-state index contributed by atoms with van der Waals surface area (Å²) in [7, 11) is 1.27. The van der Waals surface area contributed by atoms with E-state index in [9.17, 15) is 9.18 Å². The molecular weight excluding hydrogens is 305 g/mol. The number of carbonyl (C=O) groups is 1. The molecular formula is C12H11ClFN3O2S. The second kappa shape index (κ2) is 6.74. The number of aromatic nitrogens is 2.